The van der Waals surface area contributed by atoms with Crippen molar-refractivity contribution in [2.45, 2.75) is 85.2 Å². The largest absolute Gasteiger partial charge is 0 e. The summed E-state index contributed by atoms with van der Waals surface area (Å²) in [5.74, 6) is 0.547. The van der Waals surface area contributed by atoms with Gasteiger partial charge in [0.15, 0.2) is 5.78 Å². The second kappa shape index (κ2) is 19.3. The van der Waals surface area contributed by atoms with E-state index < -0.39 is 11.7 Å². The van der Waals surface area contributed by atoms with Crippen LogP contribution >= 0.6 is 0 Å². The van der Waals surface area contributed by atoms with Crippen molar-refractivity contribution in [3.63, 3.8) is 0 Å². The van der Waals surface area contributed by atoms with Gasteiger partial charge in [0.05, 0.1) is 5.76 Å². The fraction of sp³-hybridized carbons (Fsp3) is 0.300. The molecule has 5 aromatic carbocycles. The molecule has 4 aliphatic carbocycles. The van der Waals surface area contributed by atoms with Crippen LogP contribution in [-0.4, -0.2) is 35.4 Å². The Morgan fingerprint density at radius 1 is 0.780 bits per heavy atom. The van der Waals surface area contributed by atoms with E-state index >= 15 is 0 Å². The van der Waals surface area contributed by atoms with Gasteiger partial charge in [-0.3, -0.25) is 4.79 Å². The first kappa shape index (κ1) is 44.2. The predicted molar refractivity (Wildman–Crippen MR) is 231 cm³/mol. The second-order valence-corrected chi connectivity index (χ2v) is 17.4. The number of halogens is 3. The number of aryl methyl sites for hydroxylation is 4. The van der Waals surface area contributed by atoms with Crippen LogP contribution in [0, 0.1) is 17.9 Å². The van der Waals surface area contributed by atoms with Crippen molar-refractivity contribution in [2.75, 3.05) is 0 Å². The topological polar surface area (TPSA) is 63.1 Å². The van der Waals surface area contributed by atoms with E-state index in [0.717, 1.165) is 82.1 Å². The zero-order chi connectivity index (χ0) is 41.0. The van der Waals surface area contributed by atoms with E-state index in [1.165, 1.54) is 29.1 Å². The van der Waals surface area contributed by atoms with Crippen LogP contribution in [0.2, 0.25) is 0 Å². The van der Waals surface area contributed by atoms with Crippen LogP contribution in [0.15, 0.2) is 109 Å². The number of carbonyl (C=O) groups is 1. The summed E-state index contributed by atoms with van der Waals surface area (Å²) in [5.41, 5.74) is 6.41. The number of rotatable bonds is 9. The number of hydrogen-bond donors (Lipinski definition) is 1. The molecule has 307 valence electrons. The molecule has 9 heteroatoms. The monoisotopic (exact) mass is 1040 g/mol. The number of aliphatic hydroxyl groups excluding tert-OH is 1. The number of nitrogens with zero attached hydrogens (tertiary/aromatic N) is 2. The van der Waals surface area contributed by atoms with E-state index in [-0.39, 0.29) is 68.9 Å². The number of hydrogen-bond acceptors (Lipinski definition) is 4. The summed E-state index contributed by atoms with van der Waals surface area (Å²) in [5, 5.41) is 11.8. The van der Waals surface area contributed by atoms with Crippen LogP contribution < -0.4 is 0 Å². The molecule has 0 fully saturated rings. The molecule has 4 aliphatic rings. The molecule has 1 radical (unpaired) electrons. The number of aliphatic hydroxyl groups is 1. The molecule has 0 aliphatic heterocycles. The van der Waals surface area contributed by atoms with Crippen LogP contribution in [0.25, 0.3) is 52.6 Å². The summed E-state index contributed by atoms with van der Waals surface area (Å²) in [4.78, 5) is 20.4. The van der Waals surface area contributed by atoms with E-state index in [2.05, 4.69) is 58.5 Å². The summed E-state index contributed by atoms with van der Waals surface area (Å²) >= 11 is -0.0984. The average Bonchev–Trinajstić information content (AvgIpc) is 3.65. The Morgan fingerprint density at radius 3 is 2.08 bits per heavy atom. The minimum absolute atomic E-state index is 0. The number of benzene rings is 5. The molecule has 1 N–H and O–H groups in total. The van der Waals surface area contributed by atoms with Gasteiger partial charge in [0.1, 0.15) is 0 Å². The van der Waals surface area contributed by atoms with Gasteiger partial charge < -0.3 is 5.11 Å². The molecular weight excluding hydrogens is 989 g/mol. The number of fused-ring (bicyclic) bond motifs is 3. The molecule has 11 rings (SSSR count). The Labute approximate surface area is 364 Å². The fourth-order valence-corrected chi connectivity index (χ4v) is 10.2. The zero-order valence-corrected chi connectivity index (χ0v) is 37.9. The third-order valence-electron chi connectivity index (χ3n) is 11.6. The molecule has 4 bridgehead atoms. The number of allylic oxidation sites excluding steroid dienone is 2. The average molecular weight is 1040 g/mol. The van der Waals surface area contributed by atoms with Crippen LogP contribution in [0.4, 0.5) is 13.2 Å². The molecule has 0 saturated carbocycles. The molecular formula is C50H48F3IrN2O2Se-. The first-order valence-electron chi connectivity index (χ1n) is 20.3. The third kappa shape index (κ3) is 9.82. The van der Waals surface area contributed by atoms with Crippen molar-refractivity contribution in [1.82, 2.24) is 9.97 Å². The summed E-state index contributed by atoms with van der Waals surface area (Å²) in [6.45, 7) is 8.07. The van der Waals surface area contributed by atoms with Gasteiger partial charge in [-0.05, 0) is 43.2 Å². The van der Waals surface area contributed by atoms with Gasteiger partial charge in [0, 0.05) is 38.0 Å². The quantitative estimate of drug-likeness (QED) is 0.0514. The number of alkyl halides is 3. The molecule has 0 unspecified atom stereocenters. The van der Waals surface area contributed by atoms with Gasteiger partial charge in [0.2, 0.25) is 0 Å². The Hall–Kier alpha value is -4.39. The summed E-state index contributed by atoms with van der Waals surface area (Å²) in [6, 6.07) is 33.9. The van der Waals surface area contributed by atoms with Crippen LogP contribution in [0.1, 0.15) is 81.2 Å². The second-order valence-electron chi connectivity index (χ2n) is 15.2. The summed E-state index contributed by atoms with van der Waals surface area (Å²) in [6.07, 6.45) is 5.04. The third-order valence-corrected chi connectivity index (χ3v) is 13.8. The van der Waals surface area contributed by atoms with Gasteiger partial charge in [-0.25, -0.2) is 0 Å². The first-order chi connectivity index (χ1) is 28.0. The van der Waals surface area contributed by atoms with E-state index in [9.17, 15) is 23.1 Å². The van der Waals surface area contributed by atoms with Gasteiger partial charge in [-0.15, -0.1) is 0 Å². The van der Waals surface area contributed by atoms with Gasteiger partial charge in [0.25, 0.3) is 0 Å². The molecule has 0 saturated heterocycles. The van der Waals surface area contributed by atoms with Gasteiger partial charge in [-0.1, -0.05) is 52.0 Å². The SMILES string of the molecule is CCC(CC)C(=O)/C=C(\O)C(CC)CC.FC(F)(F)c1c2cc(-c3cc4ccc3CCc3ccc(cc3)CC4)ccc2cc2c(-c3[c-]c4ccccc4[se]3)ncnc12.[Ir]. The van der Waals surface area contributed by atoms with Crippen molar-refractivity contribution in [3.8, 4) is 21.3 Å². The van der Waals surface area contributed by atoms with Gasteiger partial charge in [-0.2, -0.15) is 0 Å². The molecule has 2 aromatic heterocycles. The van der Waals surface area contributed by atoms with Crippen molar-refractivity contribution >= 4 is 51.6 Å². The number of ketones is 1. The van der Waals surface area contributed by atoms with E-state index in [0.29, 0.717) is 16.5 Å². The molecule has 7 aromatic rings. The van der Waals surface area contributed by atoms with E-state index in [4.69, 9.17) is 0 Å². The van der Waals surface area contributed by atoms with Crippen LogP contribution in [0.5, 0.6) is 0 Å². The minimum atomic E-state index is -4.60. The van der Waals surface area contributed by atoms with Crippen LogP contribution in [0.3, 0.4) is 0 Å². The van der Waals surface area contributed by atoms with E-state index in [1.54, 1.807) is 6.07 Å². The molecule has 4 nitrogen and oxygen atoms in total. The van der Waals surface area contributed by atoms with Crippen molar-refractivity contribution in [1.29, 1.82) is 0 Å². The normalized spacial score (nSPS) is 13.1. The Kier molecular flexibility index (Phi) is 14.5. The maximum absolute atomic E-state index is 15.0. The number of aromatic nitrogens is 2. The molecule has 2 heterocycles. The predicted octanol–water partition coefficient (Wildman–Crippen LogP) is 12.9. The molecule has 0 spiro atoms. The maximum atomic E-state index is 15.0. The smallest absolute Gasteiger partial charge is 0 e. The summed E-state index contributed by atoms with van der Waals surface area (Å²) < 4.78 is 46.8. The first-order valence-corrected chi connectivity index (χ1v) is 22.1. The fourth-order valence-electron chi connectivity index (χ4n) is 8.06. The molecule has 59 heavy (non-hydrogen) atoms. The van der Waals surface area contributed by atoms with Crippen molar-refractivity contribution in [2.24, 2.45) is 11.8 Å². The number of carbonyl (C=O) groups excluding carboxylic acids is 1. The van der Waals surface area contributed by atoms with Crippen LogP contribution in [-0.2, 0) is 56.8 Å². The standard InChI is InChI=1S/C37H24F3N2Se.C13H24O2.Ir/c38-37(39,40)34-30-18-26(29-17-24-10-9-22-5-7-23(8-6-22)11-13-25(29)14-12-24)15-16-27(30)19-31-35(41-21-42-36(31)34)33-20-28-3-1-2-4-32(28)43-33;1-5-10(6-2)12(14)9-13(15)11(7-3)8-4;/h1-8,12,14-19,21H,9-11,13H2;9-11,14H,5-8H2,1-4H3;/q-1;;/b;12-9-;. The van der Waals surface area contributed by atoms with Crippen molar-refractivity contribution in [3.05, 3.63) is 143 Å². The van der Waals surface area contributed by atoms with E-state index in [1.807, 2.05) is 70.2 Å². The Morgan fingerprint density at radius 2 is 1.42 bits per heavy atom. The molecule has 0 amide bonds. The van der Waals surface area contributed by atoms with Gasteiger partial charge >= 0.3 is 211 Å². The molecule has 0 atom stereocenters. The summed E-state index contributed by atoms with van der Waals surface area (Å²) in [7, 11) is 0. The minimum Gasteiger partial charge on any atom is 0 e. The Bertz CT molecular complexity index is 2570. The Balaban J connectivity index is 0.000000315. The maximum Gasteiger partial charge on any atom is 0 e. The van der Waals surface area contributed by atoms with Crippen molar-refractivity contribution < 1.29 is 43.2 Å². The zero-order valence-electron chi connectivity index (χ0n) is 33.8.